The van der Waals surface area contributed by atoms with Gasteiger partial charge in [-0.05, 0) is 75.1 Å². The fourth-order valence-corrected chi connectivity index (χ4v) is 5.50. The lowest BCUT2D eigenvalue weighted by Gasteiger charge is -2.36. The number of hydrogen-bond acceptors (Lipinski definition) is 7. The summed E-state index contributed by atoms with van der Waals surface area (Å²) in [4.78, 5) is 31.3. The number of methoxy groups -OCH3 is 1. The molecule has 2 heterocycles. The number of amides is 2. The van der Waals surface area contributed by atoms with Crippen molar-refractivity contribution in [2.24, 2.45) is 0 Å². The number of nitrogens with one attached hydrogen (secondary N) is 2. The minimum absolute atomic E-state index is 0.115. The molecule has 0 aliphatic carbocycles. The van der Waals surface area contributed by atoms with Crippen LogP contribution in [0.2, 0.25) is 0 Å². The van der Waals surface area contributed by atoms with Crippen molar-refractivity contribution in [3.63, 3.8) is 0 Å². The Kier molecular flexibility index (Phi) is 8.86. The van der Waals surface area contributed by atoms with Crippen LogP contribution in [-0.4, -0.2) is 49.0 Å². The first-order valence-corrected chi connectivity index (χ1v) is 14.5. The molecule has 0 bridgehead atoms. The average Bonchev–Trinajstić information content (AvgIpc) is 2.99. The number of nitriles is 1. The third-order valence-corrected chi connectivity index (χ3v) is 7.45. The Morgan fingerprint density at radius 2 is 1.69 bits per heavy atom. The lowest BCUT2D eigenvalue weighted by Crippen LogP contribution is -2.46. The van der Waals surface area contributed by atoms with Crippen molar-refractivity contribution >= 4 is 34.5 Å². The van der Waals surface area contributed by atoms with Crippen molar-refractivity contribution < 1.29 is 27.8 Å². The van der Waals surface area contributed by atoms with Crippen LogP contribution >= 0.6 is 0 Å². The van der Waals surface area contributed by atoms with E-state index in [0.717, 1.165) is 11.8 Å². The minimum atomic E-state index is -0.722. The summed E-state index contributed by atoms with van der Waals surface area (Å²) in [7, 11) is 1.24. The van der Waals surface area contributed by atoms with Gasteiger partial charge in [0.1, 0.15) is 23.3 Å². The van der Waals surface area contributed by atoms with E-state index in [9.17, 15) is 23.6 Å². The normalized spacial score (nSPS) is 13.7. The van der Waals surface area contributed by atoms with Crippen molar-refractivity contribution in [1.29, 1.82) is 5.26 Å². The van der Waals surface area contributed by atoms with Crippen LogP contribution in [0.1, 0.15) is 39.2 Å². The van der Waals surface area contributed by atoms with Crippen molar-refractivity contribution in [2.75, 3.05) is 30.4 Å². The Bertz CT molecular complexity index is 1790. The molecule has 0 saturated carbocycles. The lowest BCUT2D eigenvalue weighted by atomic mass is 9.95. The number of piperidine rings is 1. The Morgan fingerprint density at radius 1 is 0.978 bits per heavy atom. The maximum Gasteiger partial charge on any atom is 0.411 e. The molecule has 1 aliphatic heterocycles. The maximum atomic E-state index is 14.4. The number of ether oxygens (including phenoxy) is 2. The van der Waals surface area contributed by atoms with Crippen LogP contribution in [0.3, 0.4) is 0 Å². The smallest absolute Gasteiger partial charge is 0.411 e. The molecule has 11 heteroatoms. The third kappa shape index (κ3) is 7.12. The SMILES string of the molecule is COC(=O)Nc1c(C#N)cccc1-c1ccc2ncc(-c3cc(F)cc(F)c3)c(N3CCC(NC(=O)OC(C)(C)C)CC3)c2c1. The molecule has 0 unspecified atom stereocenters. The standard InChI is InChI=1S/C34H33F2N5O4/c1-34(2,3)45-33(43)39-25-10-12-41(13-11-25)31-27-16-20(26-7-5-6-21(18-37)30(26)40-32(42)44-4)8-9-29(27)38-19-28(31)22-14-23(35)17-24(36)15-22/h5-9,14-17,19,25H,10-13H2,1-4H3,(H,39,43)(H,40,42). The van der Waals surface area contributed by atoms with Crippen molar-refractivity contribution in [3.05, 3.63) is 78.0 Å². The van der Waals surface area contributed by atoms with Crippen molar-refractivity contribution in [3.8, 4) is 28.3 Å². The number of benzene rings is 3. The first-order chi connectivity index (χ1) is 21.5. The number of nitrogens with zero attached hydrogens (tertiary/aromatic N) is 3. The molecule has 1 aromatic heterocycles. The van der Waals surface area contributed by atoms with Gasteiger partial charge in [0, 0.05) is 47.9 Å². The van der Waals surface area contributed by atoms with Gasteiger partial charge in [-0.3, -0.25) is 10.3 Å². The molecule has 0 radical (unpaired) electrons. The summed E-state index contributed by atoms with van der Waals surface area (Å²) in [6.07, 6.45) is 1.62. The molecule has 0 spiro atoms. The Morgan fingerprint density at radius 3 is 2.33 bits per heavy atom. The quantitative estimate of drug-likeness (QED) is 0.241. The van der Waals surface area contributed by atoms with Crippen molar-refractivity contribution in [2.45, 2.75) is 45.3 Å². The Labute approximate surface area is 259 Å². The highest BCUT2D eigenvalue weighted by molar-refractivity contribution is 6.03. The van der Waals surface area contributed by atoms with Crippen LogP contribution < -0.4 is 15.5 Å². The van der Waals surface area contributed by atoms with E-state index in [1.54, 1.807) is 45.2 Å². The number of anilines is 2. The summed E-state index contributed by atoms with van der Waals surface area (Å²) in [6, 6.07) is 16.0. The van der Waals surface area contributed by atoms with Crippen LogP contribution in [-0.2, 0) is 9.47 Å². The number of para-hydroxylation sites is 1. The Balaban J connectivity index is 1.60. The number of fused-ring (bicyclic) bond motifs is 1. The molecule has 2 N–H and O–H groups in total. The minimum Gasteiger partial charge on any atom is -0.453 e. The molecule has 1 fully saturated rings. The van der Waals surface area contributed by atoms with E-state index < -0.39 is 29.4 Å². The van der Waals surface area contributed by atoms with Gasteiger partial charge in [-0.25, -0.2) is 18.4 Å². The second-order valence-electron chi connectivity index (χ2n) is 11.8. The van der Waals surface area contributed by atoms with Crippen LogP contribution in [0.15, 0.2) is 60.8 Å². The van der Waals surface area contributed by atoms with Crippen LogP contribution in [0.25, 0.3) is 33.2 Å². The summed E-state index contributed by atoms with van der Waals surface area (Å²) in [5, 5.41) is 16.0. The molecule has 5 rings (SSSR count). The molecule has 9 nitrogen and oxygen atoms in total. The number of rotatable bonds is 5. The number of carbonyl (C=O) groups excluding carboxylic acids is 2. The van der Waals surface area contributed by atoms with Gasteiger partial charge in [-0.1, -0.05) is 18.2 Å². The fraction of sp³-hybridized carbons (Fsp3) is 0.294. The molecule has 1 aliphatic rings. The first kappa shape index (κ1) is 31.2. The van der Waals surface area contributed by atoms with Gasteiger partial charge >= 0.3 is 12.2 Å². The highest BCUT2D eigenvalue weighted by Gasteiger charge is 2.27. The predicted molar refractivity (Wildman–Crippen MR) is 168 cm³/mol. The summed E-state index contributed by atoms with van der Waals surface area (Å²) in [5.74, 6) is -1.42. The van der Waals surface area contributed by atoms with E-state index in [0.29, 0.717) is 59.1 Å². The number of carbonyl (C=O) groups is 2. The van der Waals surface area contributed by atoms with E-state index in [1.807, 2.05) is 18.2 Å². The summed E-state index contributed by atoms with van der Waals surface area (Å²) in [5.41, 5.74) is 3.41. The van der Waals surface area contributed by atoms with Crippen LogP contribution in [0.5, 0.6) is 0 Å². The van der Waals surface area contributed by atoms with Gasteiger partial charge in [0.05, 0.1) is 29.6 Å². The van der Waals surface area contributed by atoms with Crippen LogP contribution in [0.4, 0.5) is 29.7 Å². The molecule has 0 atom stereocenters. The van der Waals surface area contributed by atoms with Gasteiger partial charge in [0.15, 0.2) is 0 Å². The van der Waals surface area contributed by atoms with Gasteiger partial charge < -0.3 is 19.7 Å². The highest BCUT2D eigenvalue weighted by atomic mass is 19.1. The second-order valence-corrected chi connectivity index (χ2v) is 11.8. The van der Waals surface area contributed by atoms with Gasteiger partial charge in [0.25, 0.3) is 0 Å². The van der Waals surface area contributed by atoms with Crippen molar-refractivity contribution in [1.82, 2.24) is 10.3 Å². The second kappa shape index (κ2) is 12.8. The molecule has 232 valence electrons. The largest absolute Gasteiger partial charge is 0.453 e. The van der Waals surface area contributed by atoms with E-state index in [2.05, 4.69) is 26.6 Å². The molecule has 1 saturated heterocycles. The zero-order chi connectivity index (χ0) is 32.3. The number of halogens is 2. The van der Waals surface area contributed by atoms with Gasteiger partial charge in [0.2, 0.25) is 0 Å². The lowest BCUT2D eigenvalue weighted by molar-refractivity contribution is 0.0497. The summed E-state index contributed by atoms with van der Waals surface area (Å²) in [6.45, 7) is 6.49. The molecular weight excluding hydrogens is 580 g/mol. The van der Waals surface area contributed by atoms with E-state index in [4.69, 9.17) is 9.47 Å². The van der Waals surface area contributed by atoms with Gasteiger partial charge in [-0.2, -0.15) is 5.26 Å². The molecule has 3 aromatic carbocycles. The monoisotopic (exact) mass is 613 g/mol. The zero-order valence-electron chi connectivity index (χ0n) is 25.4. The maximum absolute atomic E-state index is 14.4. The molecule has 2 amide bonds. The van der Waals surface area contributed by atoms with Gasteiger partial charge in [-0.15, -0.1) is 0 Å². The summed E-state index contributed by atoms with van der Waals surface area (Å²) < 4.78 is 39.1. The highest BCUT2D eigenvalue weighted by Crippen LogP contribution is 2.41. The summed E-state index contributed by atoms with van der Waals surface area (Å²) >= 11 is 0. The number of pyridine rings is 1. The Hall–Kier alpha value is -5.24. The third-order valence-electron chi connectivity index (χ3n) is 7.45. The molecule has 45 heavy (non-hydrogen) atoms. The number of aromatic nitrogens is 1. The number of alkyl carbamates (subject to hydrolysis) is 1. The molecule has 4 aromatic rings. The van der Waals surface area contributed by atoms with E-state index >= 15 is 0 Å². The van der Waals surface area contributed by atoms with E-state index in [1.165, 1.54) is 19.2 Å². The van der Waals surface area contributed by atoms with E-state index in [-0.39, 0.29) is 17.3 Å². The average molecular weight is 614 g/mol. The zero-order valence-corrected chi connectivity index (χ0v) is 25.4. The fourth-order valence-electron chi connectivity index (χ4n) is 5.50. The van der Waals surface area contributed by atoms with Crippen LogP contribution in [0, 0.1) is 23.0 Å². The number of hydrogen-bond donors (Lipinski definition) is 2. The first-order valence-electron chi connectivity index (χ1n) is 14.5. The topological polar surface area (TPSA) is 117 Å². The molecular formula is C34H33F2N5O4. The predicted octanol–water partition coefficient (Wildman–Crippen LogP) is 7.39.